The van der Waals surface area contributed by atoms with E-state index in [9.17, 15) is 14.7 Å². The second-order valence-electron chi connectivity index (χ2n) is 7.20. The van der Waals surface area contributed by atoms with Gasteiger partial charge >= 0.3 is 0 Å². The normalized spacial score (nSPS) is 32.4. The van der Waals surface area contributed by atoms with Crippen LogP contribution in [0.5, 0.6) is 11.5 Å². The number of hydrogen-bond donors (Lipinski definition) is 1. The molecule has 0 aromatic heterocycles. The van der Waals surface area contributed by atoms with E-state index in [1.165, 1.54) is 6.92 Å². The Morgan fingerprint density at radius 3 is 2.58 bits per heavy atom. The molecule has 1 aromatic carbocycles. The molecule has 5 heteroatoms. The molecule has 0 amide bonds. The summed E-state index contributed by atoms with van der Waals surface area (Å²) in [5.41, 5.74) is 1.70. The van der Waals surface area contributed by atoms with Crippen molar-refractivity contribution in [3.05, 3.63) is 22.8 Å². The summed E-state index contributed by atoms with van der Waals surface area (Å²) in [5.74, 6) is -1.07. The summed E-state index contributed by atoms with van der Waals surface area (Å²) in [7, 11) is 0. The molecule has 3 rings (SSSR count). The molecule has 1 fully saturated rings. The van der Waals surface area contributed by atoms with Gasteiger partial charge < -0.3 is 14.6 Å². The summed E-state index contributed by atoms with van der Waals surface area (Å²) >= 11 is 0. The van der Waals surface area contributed by atoms with Crippen LogP contribution in [0.2, 0.25) is 0 Å². The molecule has 2 aliphatic rings. The van der Waals surface area contributed by atoms with E-state index in [4.69, 9.17) is 9.47 Å². The largest absolute Gasteiger partial charge is 0.507 e. The van der Waals surface area contributed by atoms with Gasteiger partial charge in [0.2, 0.25) is 5.79 Å². The number of fused-ring (bicyclic) bond motifs is 1. The third-order valence-electron chi connectivity index (χ3n) is 5.33. The second-order valence-corrected chi connectivity index (χ2v) is 7.20. The number of carbonyl (C=O) groups is 2. The first kappa shape index (κ1) is 17.0. The molecule has 0 radical (unpaired) electrons. The van der Waals surface area contributed by atoms with Gasteiger partial charge in [-0.25, -0.2) is 0 Å². The Labute approximate surface area is 142 Å². The van der Waals surface area contributed by atoms with Crippen LogP contribution in [0.25, 0.3) is 0 Å². The smallest absolute Gasteiger partial charge is 0.223 e. The molecule has 0 aliphatic carbocycles. The van der Waals surface area contributed by atoms with Crippen LogP contribution in [-0.2, 0) is 16.0 Å². The van der Waals surface area contributed by atoms with Crippen LogP contribution in [0.1, 0.15) is 55.6 Å². The number of Topliss-reactive ketones (excluding diaryl/α,β-unsaturated/α-hetero) is 2. The van der Waals surface area contributed by atoms with Crippen molar-refractivity contribution in [2.45, 2.75) is 59.4 Å². The maximum absolute atomic E-state index is 12.4. The van der Waals surface area contributed by atoms with E-state index in [1.807, 2.05) is 27.7 Å². The number of phenolic OH excluding ortho intramolecular Hbond substituents is 1. The van der Waals surface area contributed by atoms with Gasteiger partial charge in [0.25, 0.3) is 0 Å². The zero-order valence-electron chi connectivity index (χ0n) is 14.8. The lowest BCUT2D eigenvalue weighted by molar-refractivity contribution is -0.278. The van der Waals surface area contributed by atoms with Crippen LogP contribution in [0.15, 0.2) is 6.07 Å². The highest BCUT2D eigenvalue weighted by molar-refractivity contribution is 5.98. The summed E-state index contributed by atoms with van der Waals surface area (Å²) in [4.78, 5) is 24.1. The predicted octanol–water partition coefficient (Wildman–Crippen LogP) is 3.18. The Kier molecular flexibility index (Phi) is 3.95. The highest BCUT2D eigenvalue weighted by atomic mass is 16.7. The topological polar surface area (TPSA) is 72.8 Å². The first-order chi connectivity index (χ1) is 11.2. The number of phenols is 1. The number of carbonyl (C=O) groups excluding carboxylic acids is 2. The number of ketones is 2. The molecule has 130 valence electrons. The number of ether oxygens (including phenoxy) is 2. The van der Waals surface area contributed by atoms with Gasteiger partial charge in [0.1, 0.15) is 17.3 Å². The molecular formula is C19H24O5. The van der Waals surface area contributed by atoms with Gasteiger partial charge in [-0.2, -0.15) is 0 Å². The quantitative estimate of drug-likeness (QED) is 0.800. The van der Waals surface area contributed by atoms with Gasteiger partial charge in [-0.05, 0) is 45.7 Å². The summed E-state index contributed by atoms with van der Waals surface area (Å²) < 4.78 is 12.4. The Hall–Kier alpha value is -1.88. The number of benzene rings is 1. The van der Waals surface area contributed by atoms with E-state index in [2.05, 4.69) is 0 Å². The van der Waals surface area contributed by atoms with Crippen molar-refractivity contribution in [3.63, 3.8) is 0 Å². The molecular weight excluding hydrogens is 308 g/mol. The molecule has 0 bridgehead atoms. The van der Waals surface area contributed by atoms with Gasteiger partial charge in [0.05, 0.1) is 17.6 Å². The molecule has 2 aliphatic heterocycles. The molecule has 1 aromatic rings. The maximum atomic E-state index is 12.4. The second kappa shape index (κ2) is 5.59. The Morgan fingerprint density at radius 1 is 1.29 bits per heavy atom. The fraction of sp³-hybridized carbons (Fsp3) is 0.579. The maximum Gasteiger partial charge on any atom is 0.223 e. The van der Waals surface area contributed by atoms with Crippen LogP contribution in [0, 0.1) is 18.8 Å². The summed E-state index contributed by atoms with van der Waals surface area (Å²) in [6.07, 6.45) is 0.676. The molecule has 1 N–H and O–H groups in total. The van der Waals surface area contributed by atoms with E-state index in [0.717, 1.165) is 5.56 Å². The lowest BCUT2D eigenvalue weighted by atomic mass is 9.76. The van der Waals surface area contributed by atoms with Gasteiger partial charge in [0, 0.05) is 17.9 Å². The Bertz CT molecular complexity index is 723. The molecule has 0 saturated carbocycles. The van der Waals surface area contributed by atoms with Crippen molar-refractivity contribution in [2.75, 3.05) is 0 Å². The average molecular weight is 332 g/mol. The fourth-order valence-electron chi connectivity index (χ4n) is 3.96. The van der Waals surface area contributed by atoms with Gasteiger partial charge in [-0.3, -0.25) is 9.59 Å². The molecule has 2 heterocycles. The summed E-state index contributed by atoms with van der Waals surface area (Å²) in [5, 5.41) is 10.5. The fourth-order valence-corrected chi connectivity index (χ4v) is 3.96. The van der Waals surface area contributed by atoms with Crippen molar-refractivity contribution in [2.24, 2.45) is 11.8 Å². The average Bonchev–Trinajstić information content (AvgIpc) is 2.49. The molecule has 1 saturated heterocycles. The van der Waals surface area contributed by atoms with Crippen molar-refractivity contribution in [3.8, 4) is 11.5 Å². The number of hydrogen-bond acceptors (Lipinski definition) is 5. The van der Waals surface area contributed by atoms with Crippen LogP contribution in [0.3, 0.4) is 0 Å². The molecule has 4 atom stereocenters. The minimum Gasteiger partial charge on any atom is -0.507 e. The summed E-state index contributed by atoms with van der Waals surface area (Å²) in [6.45, 7) is 8.95. The SMILES string of the molecule is CC(=O)c1cc(C)c2c(c1O)CC(C)C1(O2)OC(C)CC(=O)C1C. The number of aromatic hydroxyl groups is 1. The zero-order chi connectivity index (χ0) is 17.8. The van der Waals surface area contributed by atoms with Crippen molar-refractivity contribution >= 4 is 11.6 Å². The predicted molar refractivity (Wildman–Crippen MR) is 88.4 cm³/mol. The van der Waals surface area contributed by atoms with Crippen LogP contribution >= 0.6 is 0 Å². The van der Waals surface area contributed by atoms with Crippen molar-refractivity contribution < 1.29 is 24.2 Å². The minimum atomic E-state index is -1.02. The van der Waals surface area contributed by atoms with Crippen LogP contribution < -0.4 is 4.74 Å². The first-order valence-corrected chi connectivity index (χ1v) is 8.43. The first-order valence-electron chi connectivity index (χ1n) is 8.43. The monoisotopic (exact) mass is 332 g/mol. The van der Waals surface area contributed by atoms with Crippen LogP contribution in [0.4, 0.5) is 0 Å². The van der Waals surface area contributed by atoms with E-state index in [1.54, 1.807) is 6.07 Å². The Morgan fingerprint density at radius 2 is 1.96 bits per heavy atom. The third-order valence-corrected chi connectivity index (χ3v) is 5.33. The summed E-state index contributed by atoms with van der Waals surface area (Å²) in [6, 6.07) is 1.64. The van der Waals surface area contributed by atoms with Gasteiger partial charge in [-0.15, -0.1) is 0 Å². The lowest BCUT2D eigenvalue weighted by Gasteiger charge is -2.50. The van der Waals surface area contributed by atoms with E-state index < -0.39 is 5.79 Å². The highest BCUT2D eigenvalue weighted by Crippen LogP contribution is 2.49. The highest BCUT2D eigenvalue weighted by Gasteiger charge is 2.55. The van der Waals surface area contributed by atoms with E-state index in [0.29, 0.717) is 29.7 Å². The number of aryl methyl sites for hydroxylation is 1. The van der Waals surface area contributed by atoms with E-state index in [-0.39, 0.29) is 35.3 Å². The van der Waals surface area contributed by atoms with Crippen molar-refractivity contribution in [1.29, 1.82) is 0 Å². The van der Waals surface area contributed by atoms with Gasteiger partial charge in [-0.1, -0.05) is 6.92 Å². The molecule has 1 spiro atoms. The van der Waals surface area contributed by atoms with Gasteiger partial charge in [0.15, 0.2) is 5.78 Å². The lowest BCUT2D eigenvalue weighted by Crippen LogP contribution is -2.60. The minimum absolute atomic E-state index is 0.0207. The standard InChI is InChI=1S/C19H24O5/c1-9-6-14(13(5)20)17(22)15-7-10(2)19(24-18(9)15)12(4)16(21)8-11(3)23-19/h6,10-12,22H,7-8H2,1-5H3. The number of rotatable bonds is 1. The van der Waals surface area contributed by atoms with Crippen LogP contribution in [-0.4, -0.2) is 28.6 Å². The van der Waals surface area contributed by atoms with E-state index >= 15 is 0 Å². The Balaban J connectivity index is 2.13. The molecule has 4 unspecified atom stereocenters. The third kappa shape index (κ3) is 2.34. The van der Waals surface area contributed by atoms with Crippen molar-refractivity contribution in [1.82, 2.24) is 0 Å². The molecule has 24 heavy (non-hydrogen) atoms. The zero-order valence-corrected chi connectivity index (χ0v) is 14.8. The molecule has 5 nitrogen and oxygen atoms in total.